The molecule has 1 heterocycles. The summed E-state index contributed by atoms with van der Waals surface area (Å²) in [4.78, 5) is 24.8. The zero-order valence-electron chi connectivity index (χ0n) is 14.8. The van der Waals surface area contributed by atoms with Crippen LogP contribution in [0.4, 0.5) is 0 Å². The van der Waals surface area contributed by atoms with Gasteiger partial charge in [0.05, 0.1) is 17.7 Å². The minimum absolute atomic E-state index is 0.00285. The lowest BCUT2D eigenvalue weighted by Gasteiger charge is -2.22. The first kappa shape index (κ1) is 19.7. The molecule has 2 N–H and O–H groups in total. The number of terminal acetylenes is 1. The Morgan fingerprint density at radius 2 is 2.12 bits per heavy atom. The minimum Gasteiger partial charge on any atom is -0.478 e. The molecule has 1 aromatic rings. The van der Waals surface area contributed by atoms with Crippen molar-refractivity contribution in [3.8, 4) is 12.3 Å². The number of benzene rings is 1. The Bertz CT molecular complexity index is 687. The number of aromatic carboxylic acids is 1. The fourth-order valence-electron chi connectivity index (χ4n) is 3.08. The number of carbonyl (C=O) groups is 2. The van der Waals surface area contributed by atoms with Gasteiger partial charge in [0.25, 0.3) is 0 Å². The van der Waals surface area contributed by atoms with Crippen molar-refractivity contribution in [2.75, 3.05) is 6.54 Å². The molecule has 0 aromatic heterocycles. The Morgan fingerprint density at radius 1 is 1.38 bits per heavy atom. The molecule has 5 heteroatoms. The van der Waals surface area contributed by atoms with Gasteiger partial charge in [-0.2, -0.15) is 0 Å². The van der Waals surface area contributed by atoms with Crippen molar-refractivity contribution in [2.45, 2.75) is 50.7 Å². The maximum absolute atomic E-state index is 12.1. The first-order chi connectivity index (χ1) is 12.5. The zero-order valence-corrected chi connectivity index (χ0v) is 14.8. The fraction of sp³-hybridized carbons (Fsp3) is 0.429. The van der Waals surface area contributed by atoms with Crippen molar-refractivity contribution in [1.82, 2.24) is 4.90 Å². The summed E-state index contributed by atoms with van der Waals surface area (Å²) in [5.41, 5.74) is 1.25. The molecule has 0 saturated carbocycles. The Labute approximate surface area is 154 Å². The predicted molar refractivity (Wildman–Crippen MR) is 99.7 cm³/mol. The highest BCUT2D eigenvalue weighted by Crippen LogP contribution is 2.21. The Morgan fingerprint density at radius 3 is 2.77 bits per heavy atom. The van der Waals surface area contributed by atoms with Crippen LogP contribution < -0.4 is 0 Å². The molecule has 0 spiro atoms. The van der Waals surface area contributed by atoms with Gasteiger partial charge in [-0.3, -0.25) is 4.79 Å². The van der Waals surface area contributed by atoms with E-state index in [9.17, 15) is 14.7 Å². The molecule has 26 heavy (non-hydrogen) atoms. The molecule has 2 atom stereocenters. The molecule has 138 valence electrons. The first-order valence-electron chi connectivity index (χ1n) is 8.93. The molecular formula is C21H25NO4. The Kier molecular flexibility index (Phi) is 7.43. The van der Waals surface area contributed by atoms with Gasteiger partial charge in [0.1, 0.15) is 0 Å². The topological polar surface area (TPSA) is 77.8 Å². The van der Waals surface area contributed by atoms with Crippen molar-refractivity contribution in [3.63, 3.8) is 0 Å². The van der Waals surface area contributed by atoms with E-state index in [-0.39, 0.29) is 17.5 Å². The van der Waals surface area contributed by atoms with Gasteiger partial charge in [0.15, 0.2) is 0 Å². The van der Waals surface area contributed by atoms with E-state index in [1.165, 1.54) is 0 Å². The van der Waals surface area contributed by atoms with E-state index in [1.54, 1.807) is 30.3 Å². The highest BCUT2D eigenvalue weighted by molar-refractivity contribution is 5.87. The molecule has 1 amide bonds. The van der Waals surface area contributed by atoms with E-state index in [4.69, 9.17) is 11.5 Å². The molecule has 0 radical (unpaired) electrons. The van der Waals surface area contributed by atoms with Crippen LogP contribution in [0.3, 0.4) is 0 Å². The van der Waals surface area contributed by atoms with Crippen molar-refractivity contribution in [2.24, 2.45) is 0 Å². The maximum Gasteiger partial charge on any atom is 0.335 e. The molecule has 5 nitrogen and oxygen atoms in total. The van der Waals surface area contributed by atoms with Gasteiger partial charge in [-0.25, -0.2) is 4.79 Å². The summed E-state index contributed by atoms with van der Waals surface area (Å²) in [5, 5.41) is 18.9. The number of carbonyl (C=O) groups excluding carboxylic acids is 1. The molecular weight excluding hydrogens is 330 g/mol. The molecule has 0 bridgehead atoms. The first-order valence-corrected chi connectivity index (χ1v) is 8.93. The fourth-order valence-corrected chi connectivity index (χ4v) is 3.08. The second-order valence-electron chi connectivity index (χ2n) is 6.49. The lowest BCUT2D eigenvalue weighted by atomic mass is 10.1. The van der Waals surface area contributed by atoms with Crippen LogP contribution in [0.2, 0.25) is 0 Å². The van der Waals surface area contributed by atoms with Gasteiger partial charge in [0.2, 0.25) is 5.91 Å². The van der Waals surface area contributed by atoms with Crippen LogP contribution in [0.25, 0.3) is 0 Å². The highest BCUT2D eigenvalue weighted by Gasteiger charge is 2.28. The molecule has 1 aliphatic heterocycles. The van der Waals surface area contributed by atoms with E-state index < -0.39 is 12.1 Å². The smallest absolute Gasteiger partial charge is 0.335 e. The number of hydrogen-bond donors (Lipinski definition) is 2. The monoisotopic (exact) mass is 355 g/mol. The lowest BCUT2D eigenvalue weighted by Crippen LogP contribution is -2.33. The standard InChI is InChI=1S/C21H25NO4/c1-2-3-4-5-19(23)12-10-18-11-13-20(24)22(18)15-14-16-6-8-17(9-7-16)21(25)26/h1,6-10,12,18-19,23H,3-5,11,13-15H2,(H,25,26)/b12-10-. The second kappa shape index (κ2) is 9.79. The third-order valence-corrected chi connectivity index (χ3v) is 4.59. The number of rotatable bonds is 9. The quantitative estimate of drug-likeness (QED) is 0.405. The zero-order chi connectivity index (χ0) is 18.9. The van der Waals surface area contributed by atoms with Crippen molar-refractivity contribution >= 4 is 11.9 Å². The van der Waals surface area contributed by atoms with E-state index in [1.807, 2.05) is 11.0 Å². The SMILES string of the molecule is C#CCCCC(O)/C=C\C1CCC(=O)N1CCc1ccc(C(=O)O)cc1. The number of likely N-dealkylation sites (tertiary alicyclic amines) is 1. The largest absolute Gasteiger partial charge is 0.478 e. The lowest BCUT2D eigenvalue weighted by molar-refractivity contribution is -0.128. The number of nitrogens with zero attached hydrogens (tertiary/aromatic N) is 1. The summed E-state index contributed by atoms with van der Waals surface area (Å²) in [6.07, 6.45) is 12.3. The number of carboxylic acid groups (broad SMARTS) is 1. The highest BCUT2D eigenvalue weighted by atomic mass is 16.4. The van der Waals surface area contributed by atoms with Crippen molar-refractivity contribution < 1.29 is 19.8 Å². The Hall–Kier alpha value is -2.58. The van der Waals surface area contributed by atoms with E-state index >= 15 is 0 Å². The Balaban J connectivity index is 1.88. The molecule has 1 aromatic carbocycles. The van der Waals surface area contributed by atoms with Crippen LogP contribution in [-0.4, -0.2) is 45.7 Å². The summed E-state index contributed by atoms with van der Waals surface area (Å²) >= 11 is 0. The number of unbranched alkanes of at least 4 members (excludes halogenated alkanes) is 1. The molecule has 1 aliphatic rings. The van der Waals surface area contributed by atoms with Gasteiger partial charge in [-0.1, -0.05) is 24.3 Å². The molecule has 2 unspecified atom stereocenters. The molecule has 1 fully saturated rings. The average Bonchev–Trinajstić information content (AvgIpc) is 2.98. The van der Waals surface area contributed by atoms with Gasteiger partial charge < -0.3 is 15.1 Å². The molecule has 2 rings (SSSR count). The van der Waals surface area contributed by atoms with E-state index in [2.05, 4.69) is 5.92 Å². The normalized spacial score (nSPS) is 18.2. The van der Waals surface area contributed by atoms with Crippen LogP contribution in [0.1, 0.15) is 48.0 Å². The number of aliphatic hydroxyl groups is 1. The van der Waals surface area contributed by atoms with Crippen LogP contribution in [0.15, 0.2) is 36.4 Å². The number of amides is 1. The minimum atomic E-state index is -0.947. The van der Waals surface area contributed by atoms with Crippen LogP contribution in [0.5, 0.6) is 0 Å². The third-order valence-electron chi connectivity index (χ3n) is 4.59. The number of aliphatic hydroxyl groups excluding tert-OH is 1. The maximum atomic E-state index is 12.1. The summed E-state index contributed by atoms with van der Waals surface area (Å²) in [7, 11) is 0. The predicted octanol–water partition coefficient (Wildman–Crippen LogP) is 2.64. The summed E-state index contributed by atoms with van der Waals surface area (Å²) in [6.45, 7) is 0.577. The van der Waals surface area contributed by atoms with Crippen molar-refractivity contribution in [1.29, 1.82) is 0 Å². The van der Waals surface area contributed by atoms with Crippen LogP contribution in [0, 0.1) is 12.3 Å². The summed E-state index contributed by atoms with van der Waals surface area (Å²) < 4.78 is 0. The van der Waals surface area contributed by atoms with E-state index in [0.29, 0.717) is 32.2 Å². The second-order valence-corrected chi connectivity index (χ2v) is 6.49. The number of hydrogen-bond acceptors (Lipinski definition) is 3. The van der Waals surface area contributed by atoms with Gasteiger partial charge in [-0.15, -0.1) is 12.3 Å². The molecule has 0 aliphatic carbocycles. The summed E-state index contributed by atoms with van der Waals surface area (Å²) in [6, 6.07) is 6.72. The van der Waals surface area contributed by atoms with Gasteiger partial charge in [-0.05, 0) is 43.4 Å². The number of carboxylic acids is 1. The average molecular weight is 355 g/mol. The third kappa shape index (κ3) is 5.75. The van der Waals surface area contributed by atoms with Gasteiger partial charge >= 0.3 is 5.97 Å². The van der Waals surface area contributed by atoms with Gasteiger partial charge in [0, 0.05) is 19.4 Å². The van der Waals surface area contributed by atoms with Crippen LogP contribution in [-0.2, 0) is 11.2 Å². The van der Waals surface area contributed by atoms with E-state index in [0.717, 1.165) is 18.4 Å². The summed E-state index contributed by atoms with van der Waals surface area (Å²) in [5.74, 6) is 1.72. The van der Waals surface area contributed by atoms with Crippen molar-refractivity contribution in [3.05, 3.63) is 47.5 Å². The molecule has 1 saturated heterocycles. The van der Waals surface area contributed by atoms with Crippen LogP contribution >= 0.6 is 0 Å².